The van der Waals surface area contributed by atoms with Gasteiger partial charge in [0.2, 0.25) is 26.4 Å². The van der Waals surface area contributed by atoms with Crippen LogP contribution in [0.4, 0.5) is 17.6 Å². The summed E-state index contributed by atoms with van der Waals surface area (Å²) in [6.45, 7) is -9.87. The third-order valence-electron chi connectivity index (χ3n) is 4.68. The molecule has 45 heavy (non-hydrogen) atoms. The minimum atomic E-state index is -5.90. The van der Waals surface area contributed by atoms with E-state index in [9.17, 15) is 98.5 Å². The minimum absolute atomic E-state index is 0.138. The maximum absolute atomic E-state index is 14.3. The lowest BCUT2D eigenvalue weighted by Crippen LogP contribution is -2.62. The molecule has 0 rings (SSSR count). The van der Waals surface area contributed by atoms with Crippen molar-refractivity contribution in [1.82, 2.24) is 0 Å². The van der Waals surface area contributed by atoms with Crippen molar-refractivity contribution < 1.29 is 78.8 Å². The van der Waals surface area contributed by atoms with Gasteiger partial charge in [0, 0.05) is 13.1 Å². The SMILES string of the molecule is C[Si](OCC(F)([N+](=O)[O-])[N+](=O)[O-])(OCC(F)([N+](=O)[O-])[N+](=O)[O-])O[Si](C)(OCC(F)([N+](=O)[O-])[N+](=O)[O-])OCC(F)([N+](=O)[O-])[N+](=O)[O-]. The van der Waals surface area contributed by atoms with Gasteiger partial charge in [-0.15, -0.1) is 0 Å². The molecule has 0 saturated carbocycles. The van der Waals surface area contributed by atoms with Gasteiger partial charge in [-0.05, 0) is 0 Å². The lowest BCUT2D eigenvalue weighted by atomic mass is 10.5. The highest BCUT2D eigenvalue weighted by Gasteiger charge is 2.67. The Balaban J connectivity index is 7.06. The van der Waals surface area contributed by atoms with Gasteiger partial charge in [-0.1, -0.05) is 17.6 Å². The van der Waals surface area contributed by atoms with Crippen molar-refractivity contribution in [1.29, 1.82) is 0 Å². The summed E-state index contributed by atoms with van der Waals surface area (Å²) in [5.74, 6) is -19.7. The summed E-state index contributed by atoms with van der Waals surface area (Å²) in [5.41, 5.74) is 0. The average molecular weight is 714 g/mol. The molecule has 29 nitrogen and oxygen atoms in total. The molecule has 0 atom stereocenters. The Morgan fingerprint density at radius 2 is 0.556 bits per heavy atom. The predicted octanol–water partition coefficient (Wildman–Crippen LogP) is -1.09. The van der Waals surface area contributed by atoms with Crippen LogP contribution in [0.3, 0.4) is 0 Å². The third kappa shape index (κ3) is 9.08. The van der Waals surface area contributed by atoms with Gasteiger partial charge < -0.3 is 21.8 Å². The first-order valence-corrected chi connectivity index (χ1v) is 14.7. The zero-order valence-corrected chi connectivity index (χ0v) is 23.5. The summed E-state index contributed by atoms with van der Waals surface area (Å²) in [7, 11) is -11.8. The van der Waals surface area contributed by atoms with Crippen molar-refractivity contribution in [2.45, 2.75) is 36.8 Å². The molecule has 0 aromatic rings. The van der Waals surface area contributed by atoms with E-state index in [-0.39, 0.29) is 13.1 Å². The zero-order valence-electron chi connectivity index (χ0n) is 21.5. The number of nitro groups is 8. The van der Waals surface area contributed by atoms with E-state index in [2.05, 4.69) is 17.7 Å². The number of halogens is 4. The number of alkyl halides is 4. The molecular weight excluding hydrogens is 700 g/mol. The number of hydrogen-bond donors (Lipinski definition) is 0. The second-order valence-electron chi connectivity index (χ2n) is 7.91. The van der Waals surface area contributed by atoms with Gasteiger partial charge in [0.05, 0.1) is 0 Å². The Kier molecular flexibility index (Phi) is 12.4. The standard InChI is InChI=1S/C10H14F4N8O21Si2/c1-44(39-3-7(11,15(23)24)16(25)26,40-4-8(12,17(27)28)18(29)30)43-45(2,41-5-9(13,19(31)32)20(33)34)42-6-10(14,21(35)36)22(37)38/h3-6H2,1-2H3. The average Bonchev–Trinajstić information content (AvgIpc) is 2.91. The Hall–Kier alpha value is -4.85. The van der Waals surface area contributed by atoms with Crippen molar-refractivity contribution in [2.24, 2.45) is 0 Å². The molecular formula is C10H14F4N8O21Si2. The predicted molar refractivity (Wildman–Crippen MR) is 119 cm³/mol. The molecule has 0 fully saturated rings. The van der Waals surface area contributed by atoms with Gasteiger partial charge in [-0.25, -0.2) is 0 Å². The summed E-state index contributed by atoms with van der Waals surface area (Å²) < 4.78 is 79.7. The van der Waals surface area contributed by atoms with Crippen molar-refractivity contribution in [3.05, 3.63) is 80.9 Å². The second kappa shape index (κ2) is 13.8. The van der Waals surface area contributed by atoms with Gasteiger partial charge >= 0.3 is 41.3 Å². The van der Waals surface area contributed by atoms with Crippen LogP contribution >= 0.6 is 0 Å². The van der Waals surface area contributed by atoms with E-state index in [1.54, 1.807) is 0 Å². The van der Waals surface area contributed by atoms with E-state index in [0.29, 0.717) is 0 Å². The maximum atomic E-state index is 14.3. The molecule has 256 valence electrons. The Morgan fingerprint density at radius 1 is 0.422 bits per heavy atom. The quantitative estimate of drug-likeness (QED) is 0.0321. The van der Waals surface area contributed by atoms with Gasteiger partial charge in [-0.3, -0.25) is 80.9 Å². The van der Waals surface area contributed by atoms with Crippen LogP contribution in [-0.2, 0) is 21.8 Å². The van der Waals surface area contributed by atoms with Gasteiger partial charge in [0.25, 0.3) is 0 Å². The first kappa shape index (κ1) is 40.2. The zero-order chi connectivity index (χ0) is 36.0. The van der Waals surface area contributed by atoms with Crippen LogP contribution < -0.4 is 0 Å². The number of hydrogen-bond acceptors (Lipinski definition) is 21. The molecule has 0 spiro atoms. The lowest BCUT2D eigenvalue weighted by molar-refractivity contribution is -0.833. The Morgan fingerprint density at radius 3 is 0.667 bits per heavy atom. The molecule has 0 aliphatic heterocycles. The van der Waals surface area contributed by atoms with Gasteiger partial charge in [0.1, 0.15) is 39.4 Å². The summed E-state index contributed by atoms with van der Waals surface area (Å²) in [6, 6.07) is 0. The fraction of sp³-hybridized carbons (Fsp3) is 1.00. The van der Waals surface area contributed by atoms with Crippen LogP contribution in [0, 0.1) is 80.9 Å². The van der Waals surface area contributed by atoms with Crippen molar-refractivity contribution in [3.8, 4) is 0 Å². The van der Waals surface area contributed by atoms with Crippen LogP contribution in [-0.4, -0.2) is 107 Å². The van der Waals surface area contributed by atoms with E-state index in [1.807, 2.05) is 0 Å². The molecule has 0 aliphatic carbocycles. The van der Waals surface area contributed by atoms with Crippen molar-refractivity contribution >= 4 is 17.6 Å². The molecule has 0 aliphatic rings. The van der Waals surface area contributed by atoms with Crippen LogP contribution in [0.15, 0.2) is 0 Å². The normalized spacial score (nSPS) is 13.1. The highest BCUT2D eigenvalue weighted by Crippen LogP contribution is 2.28. The lowest BCUT2D eigenvalue weighted by Gasteiger charge is -2.34. The van der Waals surface area contributed by atoms with E-state index >= 15 is 0 Å². The molecule has 0 bridgehead atoms. The van der Waals surface area contributed by atoms with Gasteiger partial charge in [-0.2, -0.15) is 0 Å². The monoisotopic (exact) mass is 714 g/mol. The summed E-state index contributed by atoms with van der Waals surface area (Å²) in [6.07, 6.45) is 0. The molecule has 0 heterocycles. The minimum Gasteiger partial charge on any atom is -0.372 e. The number of nitrogens with zero attached hydrogens (tertiary/aromatic N) is 8. The smallest absolute Gasteiger partial charge is 0.372 e. The molecule has 35 heteroatoms. The third-order valence-corrected chi connectivity index (χ3v) is 10.3. The van der Waals surface area contributed by atoms with Crippen LogP contribution in [0.5, 0.6) is 0 Å². The maximum Gasteiger partial charge on any atom is 0.636 e. The molecule has 0 saturated heterocycles. The topological polar surface area (TPSA) is 391 Å². The van der Waals surface area contributed by atoms with E-state index in [1.165, 1.54) is 0 Å². The summed E-state index contributed by atoms with van der Waals surface area (Å²) >= 11 is 0. The molecule has 0 amide bonds. The first-order valence-electron chi connectivity index (χ1n) is 10.3. The molecule has 0 N–H and O–H groups in total. The Bertz CT molecular complexity index is 1030. The molecule has 0 unspecified atom stereocenters. The fourth-order valence-corrected chi connectivity index (χ4v) is 7.70. The van der Waals surface area contributed by atoms with E-state index in [0.717, 1.165) is 0 Å². The molecule has 0 aromatic heterocycles. The van der Waals surface area contributed by atoms with Crippen LogP contribution in [0.2, 0.25) is 13.1 Å². The van der Waals surface area contributed by atoms with Crippen molar-refractivity contribution in [3.63, 3.8) is 0 Å². The number of rotatable bonds is 22. The fourth-order valence-electron chi connectivity index (χ4n) is 2.12. The van der Waals surface area contributed by atoms with Crippen molar-refractivity contribution in [2.75, 3.05) is 26.4 Å². The van der Waals surface area contributed by atoms with Gasteiger partial charge in [0.15, 0.2) is 0 Å². The van der Waals surface area contributed by atoms with E-state index in [4.69, 9.17) is 4.12 Å². The molecule has 0 aromatic carbocycles. The molecule has 0 radical (unpaired) electrons. The van der Waals surface area contributed by atoms with E-state index < -0.39 is 107 Å². The largest absolute Gasteiger partial charge is 0.636 e. The van der Waals surface area contributed by atoms with Crippen LogP contribution in [0.25, 0.3) is 0 Å². The Labute approximate surface area is 241 Å². The highest BCUT2D eigenvalue weighted by atomic mass is 28.5. The highest BCUT2D eigenvalue weighted by molar-refractivity contribution is 6.73. The van der Waals surface area contributed by atoms with Crippen LogP contribution in [0.1, 0.15) is 0 Å². The second-order valence-corrected chi connectivity index (χ2v) is 13.3. The first-order chi connectivity index (χ1) is 20.1. The summed E-state index contributed by atoms with van der Waals surface area (Å²) in [4.78, 5) is 68.6. The summed E-state index contributed by atoms with van der Waals surface area (Å²) in [5, 5.41) is 86.9.